The predicted octanol–water partition coefficient (Wildman–Crippen LogP) is 1.68. The molecule has 1 aromatic heterocycles. The summed E-state index contributed by atoms with van der Waals surface area (Å²) in [5.74, 6) is 0.167. The lowest BCUT2D eigenvalue weighted by atomic mass is 10.2. The molecule has 0 saturated carbocycles. The fourth-order valence-electron chi connectivity index (χ4n) is 1.63. The highest BCUT2D eigenvalue weighted by molar-refractivity contribution is 5.93. The van der Waals surface area contributed by atoms with Crippen LogP contribution < -0.4 is 5.73 Å². The molecular formula is C13H18N4O. The Hall–Kier alpha value is -2.09. The van der Waals surface area contributed by atoms with Gasteiger partial charge in [0.25, 0.3) is 5.91 Å². The summed E-state index contributed by atoms with van der Waals surface area (Å²) in [5, 5.41) is 8.62. The maximum atomic E-state index is 12.2. The van der Waals surface area contributed by atoms with Gasteiger partial charge in [0.05, 0.1) is 12.5 Å². The zero-order valence-electron chi connectivity index (χ0n) is 10.8. The lowest BCUT2D eigenvalue weighted by Crippen LogP contribution is -2.35. The highest BCUT2D eigenvalue weighted by Gasteiger charge is 2.17. The summed E-state index contributed by atoms with van der Waals surface area (Å²) in [4.78, 5) is 17.9. The van der Waals surface area contributed by atoms with Gasteiger partial charge in [0.1, 0.15) is 5.69 Å². The minimum Gasteiger partial charge on any atom is -0.399 e. The maximum absolute atomic E-state index is 12.2. The molecule has 0 spiro atoms. The molecule has 0 aliphatic rings. The van der Waals surface area contributed by atoms with Crippen LogP contribution in [0.15, 0.2) is 18.3 Å². The van der Waals surface area contributed by atoms with Crippen LogP contribution in [-0.4, -0.2) is 28.9 Å². The Kier molecular flexibility index (Phi) is 5.12. The number of carbonyl (C=O) groups is 1. The van der Waals surface area contributed by atoms with Gasteiger partial charge in [-0.3, -0.25) is 9.78 Å². The van der Waals surface area contributed by atoms with Gasteiger partial charge in [-0.25, -0.2) is 0 Å². The van der Waals surface area contributed by atoms with Crippen LogP contribution in [0.25, 0.3) is 0 Å². The first-order chi connectivity index (χ1) is 8.54. The van der Waals surface area contributed by atoms with Crippen molar-refractivity contribution in [3.63, 3.8) is 0 Å². The smallest absolute Gasteiger partial charge is 0.272 e. The van der Waals surface area contributed by atoms with Crippen molar-refractivity contribution in [1.82, 2.24) is 9.88 Å². The molecule has 2 N–H and O–H groups in total. The number of rotatable bonds is 5. The monoisotopic (exact) mass is 246 g/mol. The molecule has 5 nitrogen and oxygen atoms in total. The number of anilines is 1. The molecule has 96 valence electrons. The molecule has 0 bridgehead atoms. The average Bonchev–Trinajstić information content (AvgIpc) is 2.33. The van der Waals surface area contributed by atoms with Crippen molar-refractivity contribution in [2.75, 3.05) is 18.8 Å². The van der Waals surface area contributed by atoms with E-state index >= 15 is 0 Å². The van der Waals surface area contributed by atoms with Crippen LogP contribution in [0.5, 0.6) is 0 Å². The van der Waals surface area contributed by atoms with Gasteiger partial charge in [-0.2, -0.15) is 5.26 Å². The quantitative estimate of drug-likeness (QED) is 0.856. The van der Waals surface area contributed by atoms with E-state index < -0.39 is 0 Å². The number of carbonyl (C=O) groups excluding carboxylic acids is 1. The zero-order chi connectivity index (χ0) is 13.5. The number of hydrogen-bond acceptors (Lipinski definition) is 4. The number of pyridine rings is 1. The molecule has 18 heavy (non-hydrogen) atoms. The van der Waals surface area contributed by atoms with Crippen molar-refractivity contribution in [2.24, 2.45) is 5.92 Å². The van der Waals surface area contributed by atoms with Gasteiger partial charge >= 0.3 is 0 Å². The first-order valence-electron chi connectivity index (χ1n) is 5.92. The second kappa shape index (κ2) is 6.60. The van der Waals surface area contributed by atoms with E-state index in [0.717, 1.165) is 0 Å². The molecule has 0 aromatic carbocycles. The van der Waals surface area contributed by atoms with Gasteiger partial charge in [0.15, 0.2) is 0 Å². The van der Waals surface area contributed by atoms with E-state index in [4.69, 9.17) is 11.0 Å². The Morgan fingerprint density at radius 2 is 2.33 bits per heavy atom. The summed E-state index contributed by atoms with van der Waals surface area (Å²) < 4.78 is 0. The van der Waals surface area contributed by atoms with Crippen molar-refractivity contribution in [3.8, 4) is 6.07 Å². The molecule has 1 amide bonds. The van der Waals surface area contributed by atoms with Crippen LogP contribution in [0.1, 0.15) is 30.8 Å². The highest BCUT2D eigenvalue weighted by atomic mass is 16.2. The second-order valence-corrected chi connectivity index (χ2v) is 4.53. The molecule has 1 rings (SSSR count). The molecular weight excluding hydrogens is 228 g/mol. The number of amides is 1. The summed E-state index contributed by atoms with van der Waals surface area (Å²) in [7, 11) is 0. The molecule has 0 atom stereocenters. The highest BCUT2D eigenvalue weighted by Crippen LogP contribution is 2.09. The van der Waals surface area contributed by atoms with E-state index in [1.807, 2.05) is 13.8 Å². The largest absolute Gasteiger partial charge is 0.399 e. The van der Waals surface area contributed by atoms with Gasteiger partial charge in [-0.05, 0) is 18.1 Å². The molecule has 0 fully saturated rings. The first kappa shape index (κ1) is 14.0. The van der Waals surface area contributed by atoms with Gasteiger partial charge < -0.3 is 10.6 Å². The van der Waals surface area contributed by atoms with Crippen molar-refractivity contribution >= 4 is 11.6 Å². The third-order valence-corrected chi connectivity index (χ3v) is 2.37. The van der Waals surface area contributed by atoms with Crippen LogP contribution in [0.2, 0.25) is 0 Å². The number of nitrogen functional groups attached to an aromatic ring is 1. The van der Waals surface area contributed by atoms with Gasteiger partial charge in [-0.1, -0.05) is 13.8 Å². The van der Waals surface area contributed by atoms with Crippen LogP contribution in [0, 0.1) is 17.2 Å². The third-order valence-electron chi connectivity index (χ3n) is 2.37. The SMILES string of the molecule is CC(C)CN(CCC#N)C(=O)c1cc(N)ccn1. The van der Waals surface area contributed by atoms with Crippen LogP contribution in [0.3, 0.4) is 0 Å². The Balaban J connectivity index is 2.84. The summed E-state index contributed by atoms with van der Waals surface area (Å²) in [6.07, 6.45) is 1.83. The molecule has 0 unspecified atom stereocenters. The second-order valence-electron chi connectivity index (χ2n) is 4.53. The molecule has 0 aliphatic heterocycles. The van der Waals surface area contributed by atoms with Crippen molar-refractivity contribution < 1.29 is 4.79 Å². The third kappa shape index (κ3) is 4.06. The molecule has 1 aromatic rings. The van der Waals surface area contributed by atoms with E-state index in [9.17, 15) is 4.79 Å². The molecule has 5 heteroatoms. The minimum atomic E-state index is -0.175. The Morgan fingerprint density at radius 1 is 1.61 bits per heavy atom. The fourth-order valence-corrected chi connectivity index (χ4v) is 1.63. The summed E-state index contributed by atoms with van der Waals surface area (Å²) in [6.45, 7) is 5.08. The summed E-state index contributed by atoms with van der Waals surface area (Å²) >= 11 is 0. The number of aromatic nitrogens is 1. The van der Waals surface area contributed by atoms with Gasteiger partial charge in [0.2, 0.25) is 0 Å². The predicted molar refractivity (Wildman–Crippen MR) is 69.6 cm³/mol. The molecule has 0 radical (unpaired) electrons. The Bertz CT molecular complexity index is 451. The lowest BCUT2D eigenvalue weighted by molar-refractivity contribution is 0.0734. The topological polar surface area (TPSA) is 83.0 Å². The average molecular weight is 246 g/mol. The number of nitriles is 1. The fraction of sp³-hybridized carbons (Fsp3) is 0.462. The van der Waals surface area contributed by atoms with Crippen molar-refractivity contribution in [2.45, 2.75) is 20.3 Å². The van der Waals surface area contributed by atoms with Crippen molar-refractivity contribution in [1.29, 1.82) is 5.26 Å². The minimum absolute atomic E-state index is 0.175. The van der Waals surface area contributed by atoms with Crippen LogP contribution in [-0.2, 0) is 0 Å². The molecule has 1 heterocycles. The van der Waals surface area contributed by atoms with Gasteiger partial charge in [-0.15, -0.1) is 0 Å². The van der Waals surface area contributed by atoms with Gasteiger partial charge in [0, 0.05) is 25.0 Å². The zero-order valence-corrected chi connectivity index (χ0v) is 10.8. The Morgan fingerprint density at radius 3 is 2.89 bits per heavy atom. The van der Waals surface area contributed by atoms with E-state index in [-0.39, 0.29) is 5.91 Å². The summed E-state index contributed by atoms with van der Waals surface area (Å²) in [6, 6.07) is 5.25. The van der Waals surface area contributed by atoms with E-state index in [0.29, 0.717) is 36.8 Å². The lowest BCUT2D eigenvalue weighted by Gasteiger charge is -2.23. The van der Waals surface area contributed by atoms with E-state index in [2.05, 4.69) is 11.1 Å². The molecule has 0 saturated heterocycles. The number of nitrogens with zero attached hydrogens (tertiary/aromatic N) is 3. The van der Waals surface area contributed by atoms with Crippen molar-refractivity contribution in [3.05, 3.63) is 24.0 Å². The Labute approximate surface area is 107 Å². The first-order valence-corrected chi connectivity index (χ1v) is 5.92. The number of nitrogens with two attached hydrogens (primary N) is 1. The van der Waals surface area contributed by atoms with Crippen LogP contribution in [0.4, 0.5) is 5.69 Å². The standard InChI is InChI=1S/C13H18N4O/c1-10(2)9-17(7-3-5-14)13(18)12-8-11(15)4-6-16-12/h4,6,8,10H,3,7,9H2,1-2H3,(H2,15,16). The normalized spacial score (nSPS) is 10.1. The molecule has 0 aliphatic carbocycles. The number of hydrogen-bond donors (Lipinski definition) is 1. The van der Waals surface area contributed by atoms with E-state index in [1.165, 1.54) is 6.20 Å². The summed E-state index contributed by atoms with van der Waals surface area (Å²) in [5.41, 5.74) is 6.47. The maximum Gasteiger partial charge on any atom is 0.272 e. The van der Waals surface area contributed by atoms with Crippen LogP contribution >= 0.6 is 0 Å². The van der Waals surface area contributed by atoms with E-state index in [1.54, 1.807) is 17.0 Å².